The molecule has 1 atom stereocenters. The number of rotatable bonds is 4. The third-order valence-corrected chi connectivity index (χ3v) is 4.72. The molecule has 0 aromatic carbocycles. The third-order valence-electron chi connectivity index (χ3n) is 4.72. The fourth-order valence-corrected chi connectivity index (χ4v) is 3.52. The van der Waals surface area contributed by atoms with E-state index in [0.29, 0.717) is 18.9 Å². The van der Waals surface area contributed by atoms with Crippen LogP contribution in [0, 0.1) is 5.92 Å². The highest BCUT2D eigenvalue weighted by Crippen LogP contribution is 2.32. The largest absolute Gasteiger partial charge is 0.444 e. The van der Waals surface area contributed by atoms with E-state index in [9.17, 15) is 9.59 Å². The SMILES string of the molecule is CC(C)CN(C(=O)OC(C)(C)C)c1ccc([C@@H]2CCCCN2C(=O)OC(C)(C)C)cn1. The van der Waals surface area contributed by atoms with Crippen LogP contribution in [-0.4, -0.2) is 46.4 Å². The molecule has 1 aromatic rings. The van der Waals surface area contributed by atoms with Gasteiger partial charge in [0.05, 0.1) is 6.04 Å². The standard InChI is InChI=1S/C24H39N3O4/c1-17(2)16-27(22(29)31-24(6,7)8)20-13-12-18(15-25-20)19-11-9-10-14-26(19)21(28)30-23(3,4)5/h12-13,15,17,19H,9-11,14,16H2,1-8H3/t19-/m0/s1. The number of carbonyl (C=O) groups is 2. The molecule has 7 nitrogen and oxygen atoms in total. The number of aromatic nitrogens is 1. The first-order valence-electron chi connectivity index (χ1n) is 11.2. The predicted molar refractivity (Wildman–Crippen MR) is 122 cm³/mol. The van der Waals surface area contributed by atoms with Crippen LogP contribution in [0.3, 0.4) is 0 Å². The maximum atomic E-state index is 12.7. The molecule has 0 unspecified atom stereocenters. The Morgan fingerprint density at radius 3 is 2.26 bits per heavy atom. The van der Waals surface area contributed by atoms with E-state index in [1.165, 1.54) is 0 Å². The van der Waals surface area contributed by atoms with Crippen LogP contribution >= 0.6 is 0 Å². The van der Waals surface area contributed by atoms with Crippen LogP contribution in [0.25, 0.3) is 0 Å². The number of carbonyl (C=O) groups excluding carboxylic acids is 2. The van der Waals surface area contributed by atoms with Gasteiger partial charge in [0.1, 0.15) is 17.0 Å². The zero-order valence-electron chi connectivity index (χ0n) is 20.4. The van der Waals surface area contributed by atoms with Gasteiger partial charge in [-0.15, -0.1) is 0 Å². The molecular weight excluding hydrogens is 394 g/mol. The highest BCUT2D eigenvalue weighted by Gasteiger charge is 2.32. The second kappa shape index (κ2) is 9.88. The van der Waals surface area contributed by atoms with Crippen molar-refractivity contribution in [2.75, 3.05) is 18.0 Å². The van der Waals surface area contributed by atoms with Crippen molar-refractivity contribution in [3.63, 3.8) is 0 Å². The molecule has 1 aliphatic rings. The number of piperidine rings is 1. The maximum absolute atomic E-state index is 12.7. The molecule has 1 saturated heterocycles. The first-order chi connectivity index (χ1) is 14.3. The summed E-state index contributed by atoms with van der Waals surface area (Å²) in [5.74, 6) is 0.807. The molecule has 0 bridgehead atoms. The second-order valence-electron chi connectivity index (χ2n) is 10.6. The van der Waals surface area contributed by atoms with Gasteiger partial charge in [-0.25, -0.2) is 14.6 Å². The summed E-state index contributed by atoms with van der Waals surface area (Å²) in [6, 6.07) is 3.71. The average molecular weight is 434 g/mol. The van der Waals surface area contributed by atoms with E-state index in [1.807, 2.05) is 67.5 Å². The van der Waals surface area contributed by atoms with Crippen LogP contribution in [0.2, 0.25) is 0 Å². The molecule has 1 aliphatic heterocycles. The summed E-state index contributed by atoms with van der Waals surface area (Å²) in [4.78, 5) is 33.4. The van der Waals surface area contributed by atoms with Crippen LogP contribution < -0.4 is 4.90 Å². The lowest BCUT2D eigenvalue weighted by Crippen LogP contribution is -2.42. The van der Waals surface area contributed by atoms with Gasteiger partial charge in [-0.3, -0.25) is 4.90 Å². The number of hydrogen-bond acceptors (Lipinski definition) is 5. The molecule has 1 fully saturated rings. The molecule has 2 rings (SSSR count). The van der Waals surface area contributed by atoms with E-state index in [4.69, 9.17) is 9.47 Å². The van der Waals surface area contributed by atoms with Crippen molar-refractivity contribution < 1.29 is 19.1 Å². The summed E-state index contributed by atoms with van der Waals surface area (Å²) in [6.45, 7) is 16.4. The van der Waals surface area contributed by atoms with Crippen LogP contribution in [-0.2, 0) is 9.47 Å². The fraction of sp³-hybridized carbons (Fsp3) is 0.708. The van der Waals surface area contributed by atoms with Crippen molar-refractivity contribution in [3.05, 3.63) is 23.9 Å². The normalized spacial score (nSPS) is 17.5. The molecule has 31 heavy (non-hydrogen) atoms. The monoisotopic (exact) mass is 433 g/mol. The first-order valence-corrected chi connectivity index (χ1v) is 11.2. The fourth-order valence-electron chi connectivity index (χ4n) is 3.52. The Morgan fingerprint density at radius 2 is 1.74 bits per heavy atom. The topological polar surface area (TPSA) is 72.0 Å². The summed E-state index contributed by atoms with van der Waals surface area (Å²) in [5, 5.41) is 0. The van der Waals surface area contributed by atoms with E-state index >= 15 is 0 Å². The highest BCUT2D eigenvalue weighted by atomic mass is 16.6. The molecule has 2 heterocycles. The van der Waals surface area contributed by atoms with Crippen molar-refractivity contribution in [3.8, 4) is 0 Å². The minimum atomic E-state index is -0.581. The summed E-state index contributed by atoms with van der Waals surface area (Å²) < 4.78 is 11.2. The summed E-state index contributed by atoms with van der Waals surface area (Å²) >= 11 is 0. The van der Waals surface area contributed by atoms with Gasteiger partial charge in [0.15, 0.2) is 0 Å². The Hall–Kier alpha value is -2.31. The Bertz CT molecular complexity index is 748. The van der Waals surface area contributed by atoms with Crippen LogP contribution in [0.5, 0.6) is 0 Å². The molecule has 2 amide bonds. The number of likely N-dealkylation sites (tertiary alicyclic amines) is 1. The lowest BCUT2D eigenvalue weighted by molar-refractivity contribution is 0.00947. The number of amides is 2. The zero-order valence-corrected chi connectivity index (χ0v) is 20.4. The Labute approximate surface area is 187 Å². The van der Waals surface area contributed by atoms with Crippen LogP contribution in [0.15, 0.2) is 18.3 Å². The van der Waals surface area contributed by atoms with Crippen LogP contribution in [0.1, 0.15) is 86.3 Å². The van der Waals surface area contributed by atoms with Gasteiger partial charge in [0.25, 0.3) is 0 Å². The highest BCUT2D eigenvalue weighted by molar-refractivity contribution is 5.86. The predicted octanol–water partition coefficient (Wildman–Crippen LogP) is 5.94. The smallest absolute Gasteiger partial charge is 0.416 e. The molecule has 0 spiro atoms. The lowest BCUT2D eigenvalue weighted by Gasteiger charge is -2.37. The van der Waals surface area contributed by atoms with Crippen molar-refractivity contribution in [2.45, 2.75) is 91.9 Å². The summed E-state index contributed by atoms with van der Waals surface area (Å²) in [5.41, 5.74) is -0.170. The third kappa shape index (κ3) is 7.71. The number of pyridine rings is 1. The van der Waals surface area contributed by atoms with Crippen molar-refractivity contribution in [1.29, 1.82) is 0 Å². The zero-order chi connectivity index (χ0) is 23.4. The quantitative estimate of drug-likeness (QED) is 0.587. The van der Waals surface area contributed by atoms with Crippen molar-refractivity contribution >= 4 is 18.0 Å². The van der Waals surface area contributed by atoms with Crippen LogP contribution in [0.4, 0.5) is 15.4 Å². The molecule has 0 aliphatic carbocycles. The Balaban J connectivity index is 2.24. The molecule has 0 saturated carbocycles. The number of anilines is 1. The lowest BCUT2D eigenvalue weighted by atomic mass is 9.97. The van der Waals surface area contributed by atoms with Gasteiger partial charge in [-0.05, 0) is 78.4 Å². The van der Waals surface area contributed by atoms with Crippen molar-refractivity contribution in [2.24, 2.45) is 5.92 Å². The van der Waals surface area contributed by atoms with Gasteiger partial charge >= 0.3 is 12.2 Å². The van der Waals surface area contributed by atoms with E-state index in [2.05, 4.69) is 4.98 Å². The average Bonchev–Trinajstić information content (AvgIpc) is 2.63. The number of hydrogen-bond donors (Lipinski definition) is 0. The summed E-state index contributed by atoms with van der Waals surface area (Å²) in [7, 11) is 0. The number of nitrogens with zero attached hydrogens (tertiary/aromatic N) is 3. The molecule has 0 N–H and O–H groups in total. The van der Waals surface area contributed by atoms with Crippen molar-refractivity contribution in [1.82, 2.24) is 9.88 Å². The second-order valence-corrected chi connectivity index (χ2v) is 10.6. The van der Waals surface area contributed by atoms with Gasteiger partial charge < -0.3 is 14.4 Å². The number of ether oxygens (including phenoxy) is 2. The molecular formula is C24H39N3O4. The van der Waals surface area contributed by atoms with E-state index < -0.39 is 17.3 Å². The van der Waals surface area contributed by atoms with Gasteiger partial charge in [-0.1, -0.05) is 19.9 Å². The van der Waals surface area contributed by atoms with E-state index in [-0.39, 0.29) is 18.1 Å². The molecule has 7 heteroatoms. The van der Waals surface area contributed by atoms with Gasteiger partial charge in [0, 0.05) is 19.3 Å². The first kappa shape index (κ1) is 25.0. The minimum Gasteiger partial charge on any atom is -0.444 e. The van der Waals surface area contributed by atoms with E-state index in [0.717, 1.165) is 24.8 Å². The van der Waals surface area contributed by atoms with Gasteiger partial charge in [-0.2, -0.15) is 0 Å². The Kier molecular flexibility index (Phi) is 7.95. The molecule has 0 radical (unpaired) electrons. The minimum absolute atomic E-state index is 0.0785. The summed E-state index contributed by atoms with van der Waals surface area (Å²) in [6.07, 6.45) is 3.93. The van der Waals surface area contributed by atoms with E-state index in [1.54, 1.807) is 16.0 Å². The maximum Gasteiger partial charge on any atom is 0.416 e. The van der Waals surface area contributed by atoms with Gasteiger partial charge in [0.2, 0.25) is 0 Å². The Morgan fingerprint density at radius 1 is 1.10 bits per heavy atom. The molecule has 1 aromatic heterocycles. The molecule has 174 valence electrons.